The molecule has 0 spiro atoms. The fourth-order valence-electron chi connectivity index (χ4n) is 2.09. The summed E-state index contributed by atoms with van der Waals surface area (Å²) in [4.78, 5) is 24.4. The van der Waals surface area contributed by atoms with E-state index >= 15 is 0 Å². The van der Waals surface area contributed by atoms with Crippen LogP contribution in [-0.4, -0.2) is 28.4 Å². The Bertz CT molecular complexity index is 456. The molecular weight excluding hydrogens is 232 g/mol. The SMILES string of the molecule is NC(=O)C1CC(=O)N(Cc2ccc(CO)cc2)C1. The van der Waals surface area contributed by atoms with Crippen molar-refractivity contribution < 1.29 is 14.7 Å². The standard InChI is InChI=1S/C13H16N2O3/c14-13(18)11-5-12(17)15(7-11)6-9-1-3-10(8-16)4-2-9/h1-4,11,16H,5-8H2,(H2,14,18). The molecule has 2 rings (SSSR count). The van der Waals surface area contributed by atoms with Gasteiger partial charge in [0.25, 0.3) is 0 Å². The minimum Gasteiger partial charge on any atom is -0.392 e. The number of nitrogens with zero attached hydrogens (tertiary/aromatic N) is 1. The molecule has 5 nitrogen and oxygen atoms in total. The number of aliphatic hydroxyl groups excluding tert-OH is 1. The zero-order chi connectivity index (χ0) is 13.1. The summed E-state index contributed by atoms with van der Waals surface area (Å²) in [5.41, 5.74) is 7.02. The molecule has 18 heavy (non-hydrogen) atoms. The highest BCUT2D eigenvalue weighted by Crippen LogP contribution is 2.20. The maximum atomic E-state index is 11.7. The first-order valence-corrected chi connectivity index (χ1v) is 5.86. The molecule has 0 radical (unpaired) electrons. The lowest BCUT2D eigenvalue weighted by Crippen LogP contribution is -2.28. The van der Waals surface area contributed by atoms with E-state index in [9.17, 15) is 9.59 Å². The number of benzene rings is 1. The second kappa shape index (κ2) is 5.18. The van der Waals surface area contributed by atoms with Crippen molar-refractivity contribution in [3.8, 4) is 0 Å². The number of hydrogen-bond acceptors (Lipinski definition) is 3. The summed E-state index contributed by atoms with van der Waals surface area (Å²) in [6, 6.07) is 7.38. The Labute approximate surface area is 105 Å². The Balaban J connectivity index is 2.01. The average Bonchev–Trinajstić information content (AvgIpc) is 2.72. The summed E-state index contributed by atoms with van der Waals surface area (Å²) in [5.74, 6) is -0.819. The fraction of sp³-hybridized carbons (Fsp3) is 0.385. The zero-order valence-corrected chi connectivity index (χ0v) is 10.0. The van der Waals surface area contributed by atoms with Gasteiger partial charge >= 0.3 is 0 Å². The molecule has 0 saturated carbocycles. The molecule has 1 aromatic rings. The van der Waals surface area contributed by atoms with E-state index in [0.717, 1.165) is 11.1 Å². The lowest BCUT2D eigenvalue weighted by atomic mass is 10.1. The van der Waals surface area contributed by atoms with Crippen molar-refractivity contribution in [3.63, 3.8) is 0 Å². The van der Waals surface area contributed by atoms with Gasteiger partial charge in [-0.15, -0.1) is 0 Å². The number of nitrogens with two attached hydrogens (primary N) is 1. The quantitative estimate of drug-likeness (QED) is 0.787. The number of carbonyl (C=O) groups excluding carboxylic acids is 2. The van der Waals surface area contributed by atoms with Crippen LogP contribution in [0.4, 0.5) is 0 Å². The van der Waals surface area contributed by atoms with Crippen LogP contribution in [0.15, 0.2) is 24.3 Å². The van der Waals surface area contributed by atoms with E-state index < -0.39 is 5.91 Å². The minimum atomic E-state index is -0.415. The topological polar surface area (TPSA) is 83.6 Å². The van der Waals surface area contributed by atoms with Crippen molar-refractivity contribution >= 4 is 11.8 Å². The Morgan fingerprint density at radius 2 is 1.94 bits per heavy atom. The van der Waals surface area contributed by atoms with Gasteiger partial charge in [-0.05, 0) is 11.1 Å². The van der Waals surface area contributed by atoms with Crippen molar-refractivity contribution in [1.82, 2.24) is 4.90 Å². The second-order valence-corrected chi connectivity index (χ2v) is 4.55. The number of primary amides is 1. The largest absolute Gasteiger partial charge is 0.392 e. The van der Waals surface area contributed by atoms with Crippen LogP contribution >= 0.6 is 0 Å². The van der Waals surface area contributed by atoms with Crippen LogP contribution in [0.5, 0.6) is 0 Å². The molecule has 2 amide bonds. The van der Waals surface area contributed by atoms with Gasteiger partial charge in [0, 0.05) is 19.5 Å². The molecule has 1 heterocycles. The van der Waals surface area contributed by atoms with Crippen molar-refractivity contribution in [3.05, 3.63) is 35.4 Å². The molecule has 1 aliphatic rings. The third-order valence-electron chi connectivity index (χ3n) is 3.20. The molecule has 96 valence electrons. The third kappa shape index (κ3) is 2.68. The van der Waals surface area contributed by atoms with E-state index in [0.29, 0.717) is 13.1 Å². The summed E-state index contributed by atoms with van der Waals surface area (Å²) in [7, 11) is 0. The van der Waals surface area contributed by atoms with E-state index in [1.165, 1.54) is 0 Å². The lowest BCUT2D eigenvalue weighted by molar-refractivity contribution is -0.128. The predicted octanol–water partition coefficient (Wildman–Crippen LogP) is 0.0127. The molecule has 0 bridgehead atoms. The molecule has 1 saturated heterocycles. The number of hydrogen-bond donors (Lipinski definition) is 2. The Morgan fingerprint density at radius 3 is 2.44 bits per heavy atom. The molecule has 1 fully saturated rings. The molecule has 5 heteroatoms. The maximum absolute atomic E-state index is 11.7. The van der Waals surface area contributed by atoms with Crippen LogP contribution in [0, 0.1) is 5.92 Å². The summed E-state index contributed by atoms with van der Waals surface area (Å²) in [5, 5.41) is 8.93. The van der Waals surface area contributed by atoms with Crippen LogP contribution < -0.4 is 5.73 Å². The van der Waals surface area contributed by atoms with Gasteiger partial charge < -0.3 is 15.7 Å². The summed E-state index contributed by atoms with van der Waals surface area (Å²) < 4.78 is 0. The number of carbonyl (C=O) groups is 2. The summed E-state index contributed by atoms with van der Waals surface area (Å²) in [6.07, 6.45) is 0.212. The Hall–Kier alpha value is -1.88. The van der Waals surface area contributed by atoms with Crippen molar-refractivity contribution in [2.75, 3.05) is 6.54 Å². The highest BCUT2D eigenvalue weighted by Gasteiger charge is 2.32. The van der Waals surface area contributed by atoms with Crippen molar-refractivity contribution in [2.24, 2.45) is 11.7 Å². The third-order valence-corrected chi connectivity index (χ3v) is 3.20. The van der Waals surface area contributed by atoms with Crippen LogP contribution in [0.25, 0.3) is 0 Å². The van der Waals surface area contributed by atoms with Crippen LogP contribution in [0.3, 0.4) is 0 Å². The van der Waals surface area contributed by atoms with E-state index in [2.05, 4.69) is 0 Å². The Morgan fingerprint density at radius 1 is 1.33 bits per heavy atom. The van der Waals surface area contributed by atoms with Gasteiger partial charge in [0.05, 0.1) is 12.5 Å². The zero-order valence-electron chi connectivity index (χ0n) is 10.0. The molecule has 1 unspecified atom stereocenters. The molecular formula is C13H16N2O3. The van der Waals surface area contributed by atoms with Gasteiger partial charge in [0.2, 0.25) is 11.8 Å². The minimum absolute atomic E-state index is 0.00662. The number of likely N-dealkylation sites (tertiary alicyclic amines) is 1. The number of amides is 2. The van der Waals surface area contributed by atoms with E-state index in [-0.39, 0.29) is 24.9 Å². The van der Waals surface area contributed by atoms with E-state index in [1.54, 1.807) is 4.90 Å². The normalized spacial score (nSPS) is 19.3. The van der Waals surface area contributed by atoms with Gasteiger partial charge in [-0.25, -0.2) is 0 Å². The highest BCUT2D eigenvalue weighted by molar-refractivity contribution is 5.88. The molecule has 0 aliphatic carbocycles. The van der Waals surface area contributed by atoms with Gasteiger partial charge in [0.1, 0.15) is 0 Å². The second-order valence-electron chi connectivity index (χ2n) is 4.55. The van der Waals surface area contributed by atoms with Gasteiger partial charge in [-0.2, -0.15) is 0 Å². The van der Waals surface area contributed by atoms with Crippen LogP contribution in [0.2, 0.25) is 0 Å². The lowest BCUT2D eigenvalue weighted by Gasteiger charge is -2.16. The number of aliphatic hydroxyl groups is 1. The first kappa shape index (κ1) is 12.6. The first-order chi connectivity index (χ1) is 8.60. The first-order valence-electron chi connectivity index (χ1n) is 5.86. The molecule has 3 N–H and O–H groups in total. The van der Waals surface area contributed by atoms with Gasteiger partial charge in [-0.1, -0.05) is 24.3 Å². The van der Waals surface area contributed by atoms with E-state index in [4.69, 9.17) is 10.8 Å². The fourth-order valence-corrected chi connectivity index (χ4v) is 2.09. The van der Waals surface area contributed by atoms with Gasteiger partial charge in [0.15, 0.2) is 0 Å². The molecule has 0 aromatic heterocycles. The maximum Gasteiger partial charge on any atom is 0.223 e. The number of rotatable bonds is 4. The highest BCUT2D eigenvalue weighted by atomic mass is 16.3. The smallest absolute Gasteiger partial charge is 0.223 e. The monoisotopic (exact) mass is 248 g/mol. The van der Waals surface area contributed by atoms with Crippen LogP contribution in [-0.2, 0) is 22.7 Å². The van der Waals surface area contributed by atoms with Crippen LogP contribution in [0.1, 0.15) is 17.5 Å². The Kier molecular flexibility index (Phi) is 3.62. The molecule has 1 aliphatic heterocycles. The van der Waals surface area contributed by atoms with Crippen molar-refractivity contribution in [2.45, 2.75) is 19.6 Å². The predicted molar refractivity (Wildman–Crippen MR) is 65.1 cm³/mol. The molecule has 1 atom stereocenters. The summed E-state index contributed by atoms with van der Waals surface area (Å²) >= 11 is 0. The average molecular weight is 248 g/mol. The summed E-state index contributed by atoms with van der Waals surface area (Å²) in [6.45, 7) is 0.886. The van der Waals surface area contributed by atoms with Gasteiger partial charge in [-0.3, -0.25) is 9.59 Å². The van der Waals surface area contributed by atoms with E-state index in [1.807, 2.05) is 24.3 Å². The van der Waals surface area contributed by atoms with Crippen molar-refractivity contribution in [1.29, 1.82) is 0 Å². The molecule has 1 aromatic carbocycles.